The maximum absolute atomic E-state index is 12.6. The van der Waals surface area contributed by atoms with Crippen molar-refractivity contribution in [3.63, 3.8) is 0 Å². The van der Waals surface area contributed by atoms with E-state index >= 15 is 0 Å². The first-order valence-electron chi connectivity index (χ1n) is 8.93. The van der Waals surface area contributed by atoms with Crippen molar-refractivity contribution in [2.75, 3.05) is 5.32 Å². The van der Waals surface area contributed by atoms with Gasteiger partial charge in [0.15, 0.2) is 5.75 Å². The molecule has 31 heavy (non-hydrogen) atoms. The van der Waals surface area contributed by atoms with Crippen LogP contribution >= 0.6 is 11.8 Å². The van der Waals surface area contributed by atoms with Gasteiger partial charge in [-0.3, -0.25) is 4.79 Å². The van der Waals surface area contributed by atoms with Crippen molar-refractivity contribution in [1.82, 2.24) is 9.97 Å². The van der Waals surface area contributed by atoms with E-state index in [1.54, 1.807) is 36.4 Å². The third-order valence-electron chi connectivity index (χ3n) is 4.16. The van der Waals surface area contributed by atoms with E-state index in [1.165, 1.54) is 30.3 Å². The Labute approximate surface area is 177 Å². The molecule has 1 aromatic heterocycles. The Bertz CT molecular complexity index is 1310. The smallest absolute Gasteiger partial charge is 0.446 e. The molecule has 3 aromatic carbocycles. The molecule has 3 N–H and O–H groups in total. The molecule has 6 nitrogen and oxygen atoms in total. The minimum atomic E-state index is -4.42. The number of benzene rings is 3. The van der Waals surface area contributed by atoms with E-state index in [4.69, 9.17) is 4.74 Å². The van der Waals surface area contributed by atoms with Gasteiger partial charge in [-0.05, 0) is 60.3 Å². The van der Waals surface area contributed by atoms with E-state index in [0.29, 0.717) is 22.5 Å². The molecule has 4 aromatic rings. The van der Waals surface area contributed by atoms with Gasteiger partial charge in [-0.15, -0.1) is 0 Å². The van der Waals surface area contributed by atoms with Gasteiger partial charge in [0.25, 0.3) is 5.91 Å². The van der Waals surface area contributed by atoms with E-state index in [0.717, 1.165) is 0 Å². The van der Waals surface area contributed by atoms with Crippen molar-refractivity contribution in [3.05, 3.63) is 82.8 Å². The maximum Gasteiger partial charge on any atom is 0.446 e. The molecule has 0 unspecified atom stereocenters. The number of anilines is 1. The average Bonchev–Trinajstić information content (AvgIpc) is 3.08. The number of ether oxygens (including phenoxy) is 1. The molecule has 0 radical (unpaired) electrons. The Hall–Kier alpha value is -3.66. The SMILES string of the molecule is O=C(Nc1cccc(SC(F)(F)F)c1)c1cccc(Oc2cccc3[nH]c(=O)[nH]c23)c1. The second-order valence-corrected chi connectivity index (χ2v) is 7.56. The van der Waals surface area contributed by atoms with Gasteiger partial charge in [0.2, 0.25) is 0 Å². The summed E-state index contributed by atoms with van der Waals surface area (Å²) in [5.41, 5.74) is -3.23. The predicted molar refractivity (Wildman–Crippen MR) is 112 cm³/mol. The Balaban J connectivity index is 1.52. The zero-order chi connectivity index (χ0) is 22.0. The number of carbonyl (C=O) groups is 1. The lowest BCUT2D eigenvalue weighted by Crippen LogP contribution is -2.12. The fourth-order valence-electron chi connectivity index (χ4n) is 2.92. The van der Waals surface area contributed by atoms with Crippen molar-refractivity contribution < 1.29 is 22.7 Å². The number of carbonyl (C=O) groups excluding carboxylic acids is 1. The molecule has 0 fully saturated rings. The number of thioether (sulfide) groups is 1. The molecule has 158 valence electrons. The number of amides is 1. The molecule has 1 amide bonds. The van der Waals surface area contributed by atoms with Crippen molar-refractivity contribution in [1.29, 1.82) is 0 Å². The number of aromatic nitrogens is 2. The summed E-state index contributed by atoms with van der Waals surface area (Å²) in [6, 6.07) is 16.9. The van der Waals surface area contributed by atoms with Gasteiger partial charge in [-0.1, -0.05) is 18.2 Å². The summed E-state index contributed by atoms with van der Waals surface area (Å²) >= 11 is -0.255. The molecule has 0 saturated heterocycles. The van der Waals surface area contributed by atoms with Gasteiger partial charge in [0, 0.05) is 16.1 Å². The minimum absolute atomic E-state index is 0.0315. The molecule has 10 heteroatoms. The highest BCUT2D eigenvalue weighted by Crippen LogP contribution is 2.37. The van der Waals surface area contributed by atoms with E-state index in [2.05, 4.69) is 15.3 Å². The number of rotatable bonds is 5. The third-order valence-corrected chi connectivity index (χ3v) is 4.88. The van der Waals surface area contributed by atoms with E-state index in [-0.39, 0.29) is 33.6 Å². The normalized spacial score (nSPS) is 11.5. The first-order chi connectivity index (χ1) is 14.8. The summed E-state index contributed by atoms with van der Waals surface area (Å²) in [4.78, 5) is 29.4. The summed E-state index contributed by atoms with van der Waals surface area (Å²) in [7, 11) is 0. The number of H-pyrrole nitrogens is 2. The van der Waals surface area contributed by atoms with Crippen LogP contribution in [0.3, 0.4) is 0 Å². The number of hydrogen-bond donors (Lipinski definition) is 3. The van der Waals surface area contributed by atoms with Gasteiger partial charge in [-0.2, -0.15) is 13.2 Å². The van der Waals surface area contributed by atoms with Crippen LogP contribution in [0.4, 0.5) is 18.9 Å². The van der Waals surface area contributed by atoms with Gasteiger partial charge < -0.3 is 20.0 Å². The van der Waals surface area contributed by atoms with Gasteiger partial charge in [-0.25, -0.2) is 4.79 Å². The number of imidazole rings is 1. The van der Waals surface area contributed by atoms with Gasteiger partial charge in [0.1, 0.15) is 11.3 Å². The van der Waals surface area contributed by atoms with Crippen LogP contribution in [0.2, 0.25) is 0 Å². The van der Waals surface area contributed by atoms with Crippen LogP contribution in [-0.4, -0.2) is 21.4 Å². The fourth-order valence-corrected chi connectivity index (χ4v) is 3.52. The van der Waals surface area contributed by atoms with Gasteiger partial charge >= 0.3 is 11.2 Å². The predicted octanol–water partition coefficient (Wildman–Crippen LogP) is 5.51. The Morgan fingerprint density at radius 2 is 1.74 bits per heavy atom. The number of hydrogen-bond acceptors (Lipinski definition) is 4. The molecule has 0 saturated carbocycles. The summed E-state index contributed by atoms with van der Waals surface area (Å²) in [6.07, 6.45) is 0. The van der Waals surface area contributed by atoms with Crippen molar-refractivity contribution in [2.24, 2.45) is 0 Å². The fraction of sp³-hybridized carbons (Fsp3) is 0.0476. The third kappa shape index (κ3) is 5.10. The molecule has 0 atom stereocenters. The van der Waals surface area contributed by atoms with Crippen LogP contribution in [-0.2, 0) is 0 Å². The highest BCUT2D eigenvalue weighted by Gasteiger charge is 2.29. The van der Waals surface area contributed by atoms with Crippen LogP contribution in [0, 0.1) is 0 Å². The average molecular weight is 445 g/mol. The monoisotopic (exact) mass is 445 g/mol. The van der Waals surface area contributed by atoms with E-state index in [9.17, 15) is 22.8 Å². The number of nitrogens with one attached hydrogen (secondary N) is 3. The molecule has 0 aliphatic rings. The quantitative estimate of drug-likeness (QED) is 0.354. The maximum atomic E-state index is 12.6. The summed E-state index contributed by atoms with van der Waals surface area (Å²) in [5, 5.41) is 2.58. The van der Waals surface area contributed by atoms with Crippen LogP contribution < -0.4 is 15.7 Å². The summed E-state index contributed by atoms with van der Waals surface area (Å²) in [5.74, 6) is 0.238. The van der Waals surface area contributed by atoms with E-state index < -0.39 is 11.4 Å². The first-order valence-corrected chi connectivity index (χ1v) is 9.74. The number of halogens is 3. The Morgan fingerprint density at radius 1 is 0.968 bits per heavy atom. The molecule has 0 aliphatic carbocycles. The highest BCUT2D eigenvalue weighted by atomic mass is 32.2. The summed E-state index contributed by atoms with van der Waals surface area (Å²) < 4.78 is 43.5. The number of aromatic amines is 2. The largest absolute Gasteiger partial charge is 0.455 e. The second kappa shape index (κ2) is 8.23. The second-order valence-electron chi connectivity index (χ2n) is 6.42. The highest BCUT2D eigenvalue weighted by molar-refractivity contribution is 8.00. The van der Waals surface area contributed by atoms with Crippen molar-refractivity contribution in [3.8, 4) is 11.5 Å². The Morgan fingerprint density at radius 3 is 2.55 bits per heavy atom. The van der Waals surface area contributed by atoms with Crippen LogP contribution in [0.15, 0.2) is 76.4 Å². The molecule has 0 bridgehead atoms. The lowest BCUT2D eigenvalue weighted by molar-refractivity contribution is -0.0328. The number of fused-ring (bicyclic) bond motifs is 1. The first kappa shape index (κ1) is 20.6. The molecule has 0 spiro atoms. The van der Waals surface area contributed by atoms with Gasteiger partial charge in [0.05, 0.1) is 5.52 Å². The molecular weight excluding hydrogens is 431 g/mol. The van der Waals surface area contributed by atoms with Crippen molar-refractivity contribution >= 4 is 34.4 Å². The minimum Gasteiger partial charge on any atom is -0.455 e. The zero-order valence-electron chi connectivity index (χ0n) is 15.6. The van der Waals surface area contributed by atoms with Crippen LogP contribution in [0.25, 0.3) is 11.0 Å². The Kier molecular flexibility index (Phi) is 5.47. The number of alkyl halides is 3. The summed E-state index contributed by atoms with van der Waals surface area (Å²) in [6.45, 7) is 0. The molecular formula is C21H14F3N3O3S. The number of para-hydroxylation sites is 1. The van der Waals surface area contributed by atoms with Crippen molar-refractivity contribution in [2.45, 2.75) is 10.4 Å². The molecule has 0 aliphatic heterocycles. The molecule has 1 heterocycles. The lowest BCUT2D eigenvalue weighted by Gasteiger charge is -2.10. The van der Waals surface area contributed by atoms with E-state index in [1.807, 2.05) is 0 Å². The van der Waals surface area contributed by atoms with Crippen LogP contribution in [0.5, 0.6) is 11.5 Å². The zero-order valence-corrected chi connectivity index (χ0v) is 16.4. The standard InChI is InChI=1S/C21H14F3N3O3S/c22-21(23,24)31-15-7-2-5-13(11-15)25-19(28)12-4-1-6-14(10-12)30-17-9-3-8-16-18(17)27-20(29)26-16/h1-11H,(H,25,28)(H2,26,27,29). The van der Waals surface area contributed by atoms with Crippen LogP contribution in [0.1, 0.15) is 10.4 Å². The lowest BCUT2D eigenvalue weighted by atomic mass is 10.2. The topological polar surface area (TPSA) is 87.0 Å². The molecule has 4 rings (SSSR count).